The first kappa shape index (κ1) is 14.3. The van der Waals surface area contributed by atoms with Crippen molar-refractivity contribution in [3.63, 3.8) is 0 Å². The zero-order valence-corrected chi connectivity index (χ0v) is 11.9. The molecule has 1 nitrogen and oxygen atoms in total. The molecule has 1 atom stereocenters. The third kappa shape index (κ3) is 5.42. The zero-order chi connectivity index (χ0) is 12.7. The van der Waals surface area contributed by atoms with Gasteiger partial charge >= 0.3 is 0 Å². The molecular formula is C15H23NS. The van der Waals surface area contributed by atoms with Crippen molar-refractivity contribution in [2.45, 2.75) is 37.6 Å². The molecule has 0 aliphatic rings. The lowest BCUT2D eigenvalue weighted by atomic mass is 10.1. The summed E-state index contributed by atoms with van der Waals surface area (Å²) in [6, 6.07) is 9.14. The molecule has 1 aromatic rings. The zero-order valence-electron chi connectivity index (χ0n) is 11.1. The van der Waals surface area contributed by atoms with Crippen LogP contribution in [0.5, 0.6) is 0 Å². The van der Waals surface area contributed by atoms with Crippen LogP contribution in [0.2, 0.25) is 0 Å². The lowest BCUT2D eigenvalue weighted by Gasteiger charge is -2.16. The van der Waals surface area contributed by atoms with E-state index >= 15 is 0 Å². The molecule has 0 saturated heterocycles. The van der Waals surface area contributed by atoms with E-state index in [1.165, 1.54) is 22.5 Å². The lowest BCUT2D eigenvalue weighted by Crippen LogP contribution is -2.27. The SMILES string of the molecule is C=C(C)CCC(CSc1ccccc1C)NC. The quantitative estimate of drug-likeness (QED) is 0.578. The number of aryl methyl sites for hydroxylation is 1. The summed E-state index contributed by atoms with van der Waals surface area (Å²) in [4.78, 5) is 1.39. The molecular weight excluding hydrogens is 226 g/mol. The van der Waals surface area contributed by atoms with E-state index in [-0.39, 0.29) is 0 Å². The molecule has 0 heterocycles. The minimum atomic E-state index is 0.566. The number of hydrogen-bond acceptors (Lipinski definition) is 2. The molecule has 1 rings (SSSR count). The summed E-state index contributed by atoms with van der Waals surface area (Å²) in [5.74, 6) is 1.12. The Bertz CT molecular complexity index is 360. The maximum Gasteiger partial charge on any atom is 0.0161 e. The number of benzene rings is 1. The molecule has 0 radical (unpaired) electrons. The molecule has 0 bridgehead atoms. The topological polar surface area (TPSA) is 12.0 Å². The summed E-state index contributed by atoms with van der Waals surface area (Å²) in [6.07, 6.45) is 2.28. The van der Waals surface area contributed by atoms with Crippen LogP contribution in [0, 0.1) is 6.92 Å². The molecule has 0 saturated carbocycles. The summed E-state index contributed by atoms with van der Waals surface area (Å²) < 4.78 is 0. The number of rotatable bonds is 7. The van der Waals surface area contributed by atoms with Gasteiger partial charge in [0.05, 0.1) is 0 Å². The number of hydrogen-bond donors (Lipinski definition) is 1. The monoisotopic (exact) mass is 249 g/mol. The molecule has 0 aromatic heterocycles. The lowest BCUT2D eigenvalue weighted by molar-refractivity contribution is 0.571. The first-order valence-electron chi connectivity index (χ1n) is 6.13. The van der Waals surface area contributed by atoms with Crippen LogP contribution in [-0.4, -0.2) is 18.8 Å². The summed E-state index contributed by atoms with van der Waals surface area (Å²) in [5.41, 5.74) is 2.64. The minimum Gasteiger partial charge on any atom is -0.316 e. The van der Waals surface area contributed by atoms with Gasteiger partial charge < -0.3 is 5.32 Å². The molecule has 0 aliphatic carbocycles. The second-order valence-electron chi connectivity index (χ2n) is 4.56. The molecule has 1 unspecified atom stereocenters. The van der Waals surface area contributed by atoms with E-state index in [1.54, 1.807) is 0 Å². The first-order valence-corrected chi connectivity index (χ1v) is 7.12. The van der Waals surface area contributed by atoms with Crippen molar-refractivity contribution < 1.29 is 0 Å². The Morgan fingerprint density at radius 2 is 2.12 bits per heavy atom. The Hall–Kier alpha value is -0.730. The Kier molecular flexibility index (Phi) is 6.38. The van der Waals surface area contributed by atoms with Gasteiger partial charge in [-0.15, -0.1) is 18.3 Å². The Morgan fingerprint density at radius 1 is 1.41 bits per heavy atom. The van der Waals surface area contributed by atoms with Gasteiger partial charge in [-0.3, -0.25) is 0 Å². The van der Waals surface area contributed by atoms with Crippen LogP contribution in [0.25, 0.3) is 0 Å². The van der Waals surface area contributed by atoms with Gasteiger partial charge in [0.15, 0.2) is 0 Å². The smallest absolute Gasteiger partial charge is 0.0161 e. The second-order valence-corrected chi connectivity index (χ2v) is 5.62. The maximum atomic E-state index is 3.96. The largest absolute Gasteiger partial charge is 0.316 e. The minimum absolute atomic E-state index is 0.566. The maximum absolute atomic E-state index is 3.96. The van der Waals surface area contributed by atoms with Gasteiger partial charge in [-0.25, -0.2) is 0 Å². The third-order valence-corrected chi connectivity index (χ3v) is 4.20. The van der Waals surface area contributed by atoms with E-state index in [4.69, 9.17) is 0 Å². The summed E-state index contributed by atoms with van der Waals surface area (Å²) in [6.45, 7) is 8.23. The highest BCUT2D eigenvalue weighted by molar-refractivity contribution is 7.99. The summed E-state index contributed by atoms with van der Waals surface area (Å²) in [7, 11) is 2.04. The van der Waals surface area contributed by atoms with Gasteiger partial charge in [-0.2, -0.15) is 0 Å². The van der Waals surface area contributed by atoms with Crippen LogP contribution in [0.3, 0.4) is 0 Å². The number of allylic oxidation sites excluding steroid dienone is 1. The summed E-state index contributed by atoms with van der Waals surface area (Å²) >= 11 is 1.94. The molecule has 0 aliphatic heterocycles. The normalized spacial score (nSPS) is 12.4. The Labute approximate surface area is 110 Å². The van der Waals surface area contributed by atoms with E-state index in [9.17, 15) is 0 Å². The van der Waals surface area contributed by atoms with Crippen LogP contribution in [0.15, 0.2) is 41.3 Å². The fourth-order valence-corrected chi connectivity index (χ4v) is 2.82. The highest BCUT2D eigenvalue weighted by atomic mass is 32.2. The van der Waals surface area contributed by atoms with Crippen LogP contribution in [0.4, 0.5) is 0 Å². The van der Waals surface area contributed by atoms with E-state index in [0.29, 0.717) is 6.04 Å². The molecule has 0 spiro atoms. The average Bonchev–Trinajstić information content (AvgIpc) is 2.31. The van der Waals surface area contributed by atoms with Gasteiger partial charge in [0, 0.05) is 16.7 Å². The average molecular weight is 249 g/mol. The van der Waals surface area contributed by atoms with E-state index in [0.717, 1.165) is 12.2 Å². The molecule has 94 valence electrons. The van der Waals surface area contributed by atoms with Crippen LogP contribution >= 0.6 is 11.8 Å². The van der Waals surface area contributed by atoms with Crippen molar-refractivity contribution in [3.8, 4) is 0 Å². The van der Waals surface area contributed by atoms with E-state index in [1.807, 2.05) is 18.8 Å². The number of thioether (sulfide) groups is 1. The van der Waals surface area contributed by atoms with Crippen molar-refractivity contribution in [1.82, 2.24) is 5.32 Å². The van der Waals surface area contributed by atoms with Gasteiger partial charge in [-0.05, 0) is 45.4 Å². The molecule has 2 heteroatoms. The molecule has 1 aromatic carbocycles. The fraction of sp³-hybridized carbons (Fsp3) is 0.467. The van der Waals surface area contributed by atoms with E-state index < -0.39 is 0 Å². The fourth-order valence-electron chi connectivity index (χ4n) is 1.64. The van der Waals surface area contributed by atoms with Crippen molar-refractivity contribution in [1.29, 1.82) is 0 Å². The van der Waals surface area contributed by atoms with Crippen molar-refractivity contribution in [2.24, 2.45) is 0 Å². The molecule has 1 N–H and O–H groups in total. The Balaban J connectivity index is 2.42. The van der Waals surface area contributed by atoms with Crippen LogP contribution in [-0.2, 0) is 0 Å². The summed E-state index contributed by atoms with van der Waals surface area (Å²) in [5, 5.41) is 3.39. The van der Waals surface area contributed by atoms with Crippen molar-refractivity contribution in [3.05, 3.63) is 42.0 Å². The standard InChI is InChI=1S/C15H23NS/c1-12(2)9-10-14(16-4)11-17-15-8-6-5-7-13(15)3/h5-8,14,16H,1,9-11H2,2-4H3. The van der Waals surface area contributed by atoms with Crippen molar-refractivity contribution >= 4 is 11.8 Å². The van der Waals surface area contributed by atoms with Crippen LogP contribution < -0.4 is 5.32 Å². The van der Waals surface area contributed by atoms with Gasteiger partial charge in [0.25, 0.3) is 0 Å². The first-order chi connectivity index (χ1) is 8.13. The molecule has 0 fully saturated rings. The number of nitrogens with one attached hydrogen (secondary N) is 1. The molecule has 17 heavy (non-hydrogen) atoms. The highest BCUT2D eigenvalue weighted by Crippen LogP contribution is 2.23. The Morgan fingerprint density at radius 3 is 2.71 bits per heavy atom. The van der Waals surface area contributed by atoms with E-state index in [2.05, 4.69) is 50.0 Å². The van der Waals surface area contributed by atoms with Crippen molar-refractivity contribution in [2.75, 3.05) is 12.8 Å². The molecule has 0 amide bonds. The highest BCUT2D eigenvalue weighted by Gasteiger charge is 2.07. The van der Waals surface area contributed by atoms with Crippen LogP contribution in [0.1, 0.15) is 25.3 Å². The second kappa shape index (κ2) is 7.57. The van der Waals surface area contributed by atoms with Gasteiger partial charge in [0.2, 0.25) is 0 Å². The van der Waals surface area contributed by atoms with Gasteiger partial charge in [0.1, 0.15) is 0 Å². The predicted molar refractivity (Wildman–Crippen MR) is 78.8 cm³/mol. The predicted octanol–water partition coefficient (Wildman–Crippen LogP) is 4.03. The third-order valence-electron chi connectivity index (χ3n) is 2.86. The van der Waals surface area contributed by atoms with Gasteiger partial charge in [-0.1, -0.05) is 23.8 Å².